The molecule has 24 heavy (non-hydrogen) atoms. The average molecular weight is 323 g/mol. The molecule has 3 nitrogen and oxygen atoms in total. The number of hydrogen-bond donors (Lipinski definition) is 1. The smallest absolute Gasteiger partial charge is 0.137 e. The van der Waals surface area contributed by atoms with Crippen molar-refractivity contribution in [1.29, 1.82) is 0 Å². The van der Waals surface area contributed by atoms with Gasteiger partial charge in [0.25, 0.3) is 0 Å². The van der Waals surface area contributed by atoms with Crippen LogP contribution in [0.2, 0.25) is 0 Å². The fourth-order valence-corrected chi connectivity index (χ4v) is 5.02. The first-order valence-corrected chi connectivity index (χ1v) is 9.71. The van der Waals surface area contributed by atoms with Gasteiger partial charge in [0.2, 0.25) is 0 Å². The van der Waals surface area contributed by atoms with Crippen molar-refractivity contribution in [2.24, 2.45) is 11.3 Å². The van der Waals surface area contributed by atoms with Crippen LogP contribution in [0.15, 0.2) is 30.6 Å². The summed E-state index contributed by atoms with van der Waals surface area (Å²) in [7, 11) is 0. The zero-order valence-corrected chi connectivity index (χ0v) is 14.8. The normalized spacial score (nSPS) is 27.0. The summed E-state index contributed by atoms with van der Waals surface area (Å²) in [4.78, 5) is 8.87. The molecule has 0 bridgehead atoms. The molecule has 1 aromatic heterocycles. The van der Waals surface area contributed by atoms with E-state index in [0.717, 1.165) is 22.6 Å². The highest BCUT2D eigenvalue weighted by atomic mass is 15.0. The lowest BCUT2D eigenvalue weighted by atomic mass is 9.62. The SMILES string of the molecule is CC1(C2CCC(Nc3ncnc4ccccc34)CC2)CCCCC1. The number of hydrogen-bond acceptors (Lipinski definition) is 3. The lowest BCUT2D eigenvalue weighted by Crippen LogP contribution is -2.36. The van der Waals surface area contributed by atoms with Gasteiger partial charge in [-0.2, -0.15) is 0 Å². The van der Waals surface area contributed by atoms with Crippen molar-refractivity contribution in [2.75, 3.05) is 5.32 Å². The van der Waals surface area contributed by atoms with Crippen LogP contribution >= 0.6 is 0 Å². The molecule has 0 atom stereocenters. The van der Waals surface area contributed by atoms with Crippen molar-refractivity contribution < 1.29 is 0 Å². The van der Waals surface area contributed by atoms with Gasteiger partial charge in [-0.05, 0) is 62.0 Å². The topological polar surface area (TPSA) is 37.8 Å². The van der Waals surface area contributed by atoms with Crippen LogP contribution in [0.5, 0.6) is 0 Å². The van der Waals surface area contributed by atoms with E-state index in [-0.39, 0.29) is 0 Å². The summed E-state index contributed by atoms with van der Waals surface area (Å²) < 4.78 is 0. The molecule has 0 aliphatic heterocycles. The van der Waals surface area contributed by atoms with Crippen molar-refractivity contribution in [3.8, 4) is 0 Å². The van der Waals surface area contributed by atoms with E-state index in [1.165, 1.54) is 57.8 Å². The van der Waals surface area contributed by atoms with E-state index < -0.39 is 0 Å². The van der Waals surface area contributed by atoms with E-state index in [1.807, 2.05) is 6.07 Å². The Balaban J connectivity index is 1.41. The molecule has 0 amide bonds. The predicted molar refractivity (Wildman–Crippen MR) is 100 cm³/mol. The van der Waals surface area contributed by atoms with Crippen LogP contribution in [0.1, 0.15) is 64.7 Å². The van der Waals surface area contributed by atoms with Gasteiger partial charge in [0.1, 0.15) is 12.1 Å². The van der Waals surface area contributed by atoms with Crippen molar-refractivity contribution >= 4 is 16.7 Å². The first-order valence-electron chi connectivity index (χ1n) is 9.71. The molecule has 0 radical (unpaired) electrons. The third-order valence-corrected chi connectivity index (χ3v) is 6.59. The molecule has 0 unspecified atom stereocenters. The van der Waals surface area contributed by atoms with Gasteiger partial charge in [-0.1, -0.05) is 38.3 Å². The number of para-hydroxylation sites is 1. The number of anilines is 1. The Kier molecular flexibility index (Phi) is 4.43. The first-order chi connectivity index (χ1) is 11.7. The van der Waals surface area contributed by atoms with Crippen molar-refractivity contribution in [3.05, 3.63) is 30.6 Å². The van der Waals surface area contributed by atoms with E-state index in [4.69, 9.17) is 0 Å². The van der Waals surface area contributed by atoms with Crippen molar-refractivity contribution in [3.63, 3.8) is 0 Å². The molecule has 3 heteroatoms. The van der Waals surface area contributed by atoms with Gasteiger partial charge >= 0.3 is 0 Å². The number of benzene rings is 1. The van der Waals surface area contributed by atoms with Crippen molar-refractivity contribution in [1.82, 2.24) is 9.97 Å². The monoisotopic (exact) mass is 323 g/mol. The second-order valence-corrected chi connectivity index (χ2v) is 8.15. The summed E-state index contributed by atoms with van der Waals surface area (Å²) in [5.74, 6) is 1.94. The van der Waals surface area contributed by atoms with Crippen LogP contribution in [0.25, 0.3) is 10.9 Å². The molecule has 1 heterocycles. The molecule has 2 saturated carbocycles. The second-order valence-electron chi connectivity index (χ2n) is 8.15. The van der Waals surface area contributed by atoms with E-state index in [0.29, 0.717) is 11.5 Å². The maximum atomic E-state index is 4.50. The minimum atomic E-state index is 0.562. The maximum absolute atomic E-state index is 4.50. The second kappa shape index (κ2) is 6.70. The van der Waals surface area contributed by atoms with Crippen LogP contribution in [0.4, 0.5) is 5.82 Å². The van der Waals surface area contributed by atoms with E-state index in [1.54, 1.807) is 6.33 Å². The predicted octanol–water partition coefficient (Wildman–Crippen LogP) is 5.57. The van der Waals surface area contributed by atoms with Gasteiger partial charge in [0.15, 0.2) is 0 Å². The molecule has 1 N–H and O–H groups in total. The zero-order valence-electron chi connectivity index (χ0n) is 14.8. The van der Waals surface area contributed by atoms with E-state index >= 15 is 0 Å². The Bertz CT molecular complexity index is 677. The van der Waals surface area contributed by atoms with Gasteiger partial charge in [-0.15, -0.1) is 0 Å². The van der Waals surface area contributed by atoms with Gasteiger partial charge in [-0.3, -0.25) is 0 Å². The Morgan fingerprint density at radius 2 is 1.71 bits per heavy atom. The summed E-state index contributed by atoms with van der Waals surface area (Å²) in [6.45, 7) is 2.56. The number of nitrogens with one attached hydrogen (secondary N) is 1. The Morgan fingerprint density at radius 1 is 0.958 bits per heavy atom. The number of fused-ring (bicyclic) bond motifs is 1. The zero-order chi connectivity index (χ0) is 16.4. The maximum Gasteiger partial charge on any atom is 0.137 e. The molecule has 0 saturated heterocycles. The molecular formula is C21H29N3. The quantitative estimate of drug-likeness (QED) is 0.802. The fourth-order valence-electron chi connectivity index (χ4n) is 5.02. The third kappa shape index (κ3) is 3.13. The highest BCUT2D eigenvalue weighted by Crippen LogP contribution is 2.48. The highest BCUT2D eigenvalue weighted by Gasteiger charge is 2.37. The highest BCUT2D eigenvalue weighted by molar-refractivity contribution is 5.88. The van der Waals surface area contributed by atoms with Crippen LogP contribution in [-0.2, 0) is 0 Å². The average Bonchev–Trinajstić information content (AvgIpc) is 2.63. The largest absolute Gasteiger partial charge is 0.367 e. The van der Waals surface area contributed by atoms with E-state index in [2.05, 4.69) is 40.4 Å². The van der Waals surface area contributed by atoms with Crippen LogP contribution < -0.4 is 5.32 Å². The lowest BCUT2D eigenvalue weighted by molar-refractivity contribution is 0.0848. The minimum Gasteiger partial charge on any atom is -0.367 e. The Labute approximate surface area is 145 Å². The summed E-state index contributed by atoms with van der Waals surface area (Å²) in [6, 6.07) is 8.84. The summed E-state index contributed by atoms with van der Waals surface area (Å²) in [5, 5.41) is 4.85. The Morgan fingerprint density at radius 3 is 2.50 bits per heavy atom. The third-order valence-electron chi connectivity index (χ3n) is 6.59. The standard InChI is InChI=1S/C21H29N3/c1-21(13-5-2-6-14-21)16-9-11-17(12-10-16)24-20-18-7-3-4-8-19(18)22-15-23-20/h3-4,7-8,15-17H,2,5-6,9-14H2,1H3,(H,22,23,24). The lowest BCUT2D eigenvalue weighted by Gasteiger charge is -2.44. The molecule has 2 aliphatic carbocycles. The summed E-state index contributed by atoms with van der Waals surface area (Å²) in [6.07, 6.45) is 14.2. The first kappa shape index (κ1) is 15.9. The molecular weight excluding hydrogens is 294 g/mol. The summed E-state index contributed by atoms with van der Waals surface area (Å²) in [5.41, 5.74) is 1.64. The number of nitrogens with zero attached hydrogens (tertiary/aromatic N) is 2. The van der Waals surface area contributed by atoms with Crippen molar-refractivity contribution in [2.45, 2.75) is 70.8 Å². The molecule has 128 valence electrons. The van der Waals surface area contributed by atoms with Gasteiger partial charge in [0, 0.05) is 11.4 Å². The molecule has 4 rings (SSSR count). The van der Waals surface area contributed by atoms with Crippen LogP contribution in [0.3, 0.4) is 0 Å². The van der Waals surface area contributed by atoms with Crippen LogP contribution in [0, 0.1) is 11.3 Å². The Hall–Kier alpha value is -1.64. The molecule has 0 spiro atoms. The molecule has 2 aliphatic rings. The van der Waals surface area contributed by atoms with Gasteiger partial charge in [0.05, 0.1) is 5.52 Å². The fraction of sp³-hybridized carbons (Fsp3) is 0.619. The van der Waals surface area contributed by atoms with Gasteiger partial charge < -0.3 is 5.32 Å². The number of rotatable bonds is 3. The summed E-state index contributed by atoms with van der Waals surface area (Å²) >= 11 is 0. The molecule has 1 aromatic carbocycles. The van der Waals surface area contributed by atoms with E-state index in [9.17, 15) is 0 Å². The minimum absolute atomic E-state index is 0.562. The molecule has 2 fully saturated rings. The van der Waals surface area contributed by atoms with Crippen LogP contribution in [-0.4, -0.2) is 16.0 Å². The molecule has 2 aromatic rings. The number of aromatic nitrogens is 2. The van der Waals surface area contributed by atoms with Gasteiger partial charge in [-0.25, -0.2) is 9.97 Å².